The lowest BCUT2D eigenvalue weighted by atomic mass is 9.83. The Hall–Kier alpha value is -2.49. The van der Waals surface area contributed by atoms with Crippen LogP contribution in [-0.2, 0) is 4.79 Å². The predicted molar refractivity (Wildman–Crippen MR) is 98.7 cm³/mol. The average Bonchev–Trinajstić information content (AvgIpc) is 2.64. The van der Waals surface area contributed by atoms with Gasteiger partial charge in [-0.1, -0.05) is 37.6 Å². The molecule has 4 nitrogen and oxygen atoms in total. The van der Waals surface area contributed by atoms with E-state index in [0.29, 0.717) is 40.8 Å². The van der Waals surface area contributed by atoms with Gasteiger partial charge in [0.2, 0.25) is 5.91 Å². The van der Waals surface area contributed by atoms with E-state index >= 15 is 0 Å². The smallest absolute Gasteiger partial charge is 0.249 e. The molecule has 25 heavy (non-hydrogen) atoms. The summed E-state index contributed by atoms with van der Waals surface area (Å²) >= 11 is 0. The number of benzene rings is 1. The number of hydrogen-bond acceptors (Lipinski definition) is 3. The van der Waals surface area contributed by atoms with Crippen molar-refractivity contribution in [1.29, 1.82) is 0 Å². The van der Waals surface area contributed by atoms with Gasteiger partial charge in [-0.05, 0) is 32.8 Å². The van der Waals surface area contributed by atoms with Gasteiger partial charge < -0.3 is 4.90 Å². The summed E-state index contributed by atoms with van der Waals surface area (Å²) in [4.78, 5) is 39.7. The van der Waals surface area contributed by atoms with Crippen molar-refractivity contribution in [3.05, 3.63) is 58.2 Å². The number of allylic oxidation sites excluding steroid dienone is 3. The van der Waals surface area contributed by atoms with Crippen LogP contribution in [0, 0.1) is 0 Å². The number of amides is 1. The van der Waals surface area contributed by atoms with Crippen LogP contribution in [0.15, 0.2) is 47.1 Å². The second kappa shape index (κ2) is 8.06. The molecule has 1 aromatic carbocycles. The van der Waals surface area contributed by atoms with Crippen molar-refractivity contribution in [2.24, 2.45) is 0 Å². The van der Waals surface area contributed by atoms with Crippen LogP contribution in [0.25, 0.3) is 0 Å². The molecule has 1 aliphatic rings. The van der Waals surface area contributed by atoms with Crippen LogP contribution in [0.3, 0.4) is 0 Å². The van der Waals surface area contributed by atoms with Gasteiger partial charge in [0.25, 0.3) is 0 Å². The van der Waals surface area contributed by atoms with Crippen LogP contribution in [0.1, 0.15) is 60.7 Å². The van der Waals surface area contributed by atoms with Crippen molar-refractivity contribution in [1.82, 2.24) is 4.90 Å². The molecule has 0 atom stereocenters. The minimum atomic E-state index is -0.186. The molecule has 1 amide bonds. The summed E-state index contributed by atoms with van der Waals surface area (Å²) in [5.74, 6) is -0.420. The van der Waals surface area contributed by atoms with Crippen LogP contribution in [0.5, 0.6) is 0 Å². The third-order valence-electron chi connectivity index (χ3n) is 4.62. The van der Waals surface area contributed by atoms with E-state index in [1.165, 1.54) is 0 Å². The van der Waals surface area contributed by atoms with E-state index in [4.69, 9.17) is 0 Å². The molecule has 2 rings (SSSR count). The van der Waals surface area contributed by atoms with Crippen molar-refractivity contribution < 1.29 is 14.4 Å². The maximum Gasteiger partial charge on any atom is 0.249 e. The molecule has 132 valence electrons. The first-order valence-corrected chi connectivity index (χ1v) is 8.77. The van der Waals surface area contributed by atoms with Gasteiger partial charge in [-0.2, -0.15) is 0 Å². The molecule has 0 fully saturated rings. The maximum atomic E-state index is 12.9. The molecule has 0 heterocycles. The summed E-state index contributed by atoms with van der Waals surface area (Å²) in [6.07, 6.45) is 4.05. The highest BCUT2D eigenvalue weighted by molar-refractivity contribution is 6.28. The molecule has 0 aliphatic heterocycles. The van der Waals surface area contributed by atoms with Crippen molar-refractivity contribution in [2.45, 2.75) is 40.0 Å². The SMILES string of the molecule is CCCC/C(=C\C1=C(C)C(=O)c2ccccc2C1=O)C(=O)N(C)CC. The Kier molecular flexibility index (Phi) is 6.07. The highest BCUT2D eigenvalue weighted by Crippen LogP contribution is 2.28. The van der Waals surface area contributed by atoms with E-state index in [0.717, 1.165) is 12.8 Å². The van der Waals surface area contributed by atoms with E-state index in [9.17, 15) is 14.4 Å². The lowest BCUT2D eigenvalue weighted by Gasteiger charge is -2.20. The van der Waals surface area contributed by atoms with Gasteiger partial charge in [0.1, 0.15) is 0 Å². The van der Waals surface area contributed by atoms with E-state index < -0.39 is 0 Å². The summed E-state index contributed by atoms with van der Waals surface area (Å²) < 4.78 is 0. The van der Waals surface area contributed by atoms with Crippen LogP contribution in [0.2, 0.25) is 0 Å². The van der Waals surface area contributed by atoms with Gasteiger partial charge in [0, 0.05) is 41.4 Å². The van der Waals surface area contributed by atoms with E-state index in [1.54, 1.807) is 49.2 Å². The van der Waals surface area contributed by atoms with E-state index in [-0.39, 0.29) is 17.5 Å². The fraction of sp³-hybridized carbons (Fsp3) is 0.381. The number of nitrogens with zero attached hydrogens (tertiary/aromatic N) is 1. The zero-order chi connectivity index (χ0) is 18.6. The zero-order valence-corrected chi connectivity index (χ0v) is 15.4. The Balaban J connectivity index is 2.50. The van der Waals surface area contributed by atoms with Gasteiger partial charge in [0.15, 0.2) is 11.6 Å². The molecule has 0 N–H and O–H groups in total. The van der Waals surface area contributed by atoms with Crippen molar-refractivity contribution in [2.75, 3.05) is 13.6 Å². The molecule has 0 unspecified atom stereocenters. The van der Waals surface area contributed by atoms with Gasteiger partial charge in [-0.3, -0.25) is 14.4 Å². The second-order valence-electron chi connectivity index (χ2n) is 6.33. The van der Waals surface area contributed by atoms with Crippen molar-refractivity contribution in [3.8, 4) is 0 Å². The number of likely N-dealkylation sites (N-methyl/N-ethyl adjacent to an activating group) is 1. The topological polar surface area (TPSA) is 54.5 Å². The second-order valence-corrected chi connectivity index (χ2v) is 6.33. The molecular weight excluding hydrogens is 314 g/mol. The molecule has 0 aromatic heterocycles. The molecule has 1 aromatic rings. The number of fused-ring (bicyclic) bond motifs is 1. The number of carbonyl (C=O) groups is 3. The standard InChI is InChI=1S/C21H25NO3/c1-5-7-10-15(21(25)22(4)6-2)13-18-14(3)19(23)16-11-8-9-12-17(16)20(18)24/h8-9,11-13H,5-7,10H2,1-4H3/b15-13+. The molecule has 0 bridgehead atoms. The summed E-state index contributed by atoms with van der Waals surface area (Å²) in [5, 5.41) is 0. The zero-order valence-electron chi connectivity index (χ0n) is 15.4. The highest BCUT2D eigenvalue weighted by Gasteiger charge is 2.29. The van der Waals surface area contributed by atoms with Gasteiger partial charge in [0.05, 0.1) is 0 Å². The maximum absolute atomic E-state index is 12.9. The van der Waals surface area contributed by atoms with Gasteiger partial charge >= 0.3 is 0 Å². The number of rotatable bonds is 6. The van der Waals surface area contributed by atoms with Gasteiger partial charge in [-0.25, -0.2) is 0 Å². The molecule has 0 saturated heterocycles. The first-order chi connectivity index (χ1) is 11.9. The third-order valence-corrected chi connectivity index (χ3v) is 4.62. The number of Topliss-reactive ketones (excluding diaryl/α,β-unsaturated/α-hetero) is 2. The van der Waals surface area contributed by atoms with Crippen LogP contribution in [-0.4, -0.2) is 36.0 Å². The number of ketones is 2. The minimum absolute atomic E-state index is 0.0876. The number of hydrogen-bond donors (Lipinski definition) is 0. The first-order valence-electron chi connectivity index (χ1n) is 8.77. The lowest BCUT2D eigenvalue weighted by molar-refractivity contribution is -0.125. The molecule has 0 radical (unpaired) electrons. The molecule has 0 spiro atoms. The molecule has 4 heteroatoms. The fourth-order valence-corrected chi connectivity index (χ4v) is 2.86. The monoisotopic (exact) mass is 339 g/mol. The number of unbranched alkanes of at least 4 members (excludes halogenated alkanes) is 1. The summed E-state index contributed by atoms with van der Waals surface area (Å²) in [6, 6.07) is 6.85. The molecular formula is C21H25NO3. The van der Waals surface area contributed by atoms with E-state index in [1.807, 2.05) is 6.92 Å². The van der Waals surface area contributed by atoms with Crippen LogP contribution < -0.4 is 0 Å². The fourth-order valence-electron chi connectivity index (χ4n) is 2.86. The predicted octanol–water partition coefficient (Wildman–Crippen LogP) is 3.98. The Labute approximate surface area is 149 Å². The van der Waals surface area contributed by atoms with Crippen molar-refractivity contribution in [3.63, 3.8) is 0 Å². The van der Waals surface area contributed by atoms with Crippen LogP contribution in [0.4, 0.5) is 0 Å². The summed E-state index contributed by atoms with van der Waals surface area (Å²) in [5.41, 5.74) is 2.18. The highest BCUT2D eigenvalue weighted by atomic mass is 16.2. The first kappa shape index (κ1) is 18.8. The molecule has 0 saturated carbocycles. The lowest BCUT2D eigenvalue weighted by Crippen LogP contribution is -2.28. The summed E-state index contributed by atoms with van der Waals surface area (Å²) in [7, 11) is 1.74. The Morgan fingerprint density at radius 3 is 2.24 bits per heavy atom. The summed E-state index contributed by atoms with van der Waals surface area (Å²) in [6.45, 7) is 6.22. The third kappa shape index (κ3) is 3.78. The Bertz CT molecular complexity index is 771. The molecule has 1 aliphatic carbocycles. The number of carbonyl (C=O) groups excluding carboxylic acids is 3. The Morgan fingerprint density at radius 2 is 1.68 bits per heavy atom. The quantitative estimate of drug-likeness (QED) is 0.737. The normalized spacial score (nSPS) is 14.6. The average molecular weight is 339 g/mol. The van der Waals surface area contributed by atoms with Gasteiger partial charge in [-0.15, -0.1) is 0 Å². The van der Waals surface area contributed by atoms with Crippen LogP contribution >= 0.6 is 0 Å². The Morgan fingerprint density at radius 1 is 1.08 bits per heavy atom. The van der Waals surface area contributed by atoms with E-state index in [2.05, 4.69) is 6.92 Å². The van der Waals surface area contributed by atoms with Crippen molar-refractivity contribution >= 4 is 17.5 Å². The minimum Gasteiger partial charge on any atom is -0.342 e. The largest absolute Gasteiger partial charge is 0.342 e.